The van der Waals surface area contributed by atoms with E-state index in [4.69, 9.17) is 0 Å². The zero-order valence-corrected chi connectivity index (χ0v) is 13.6. The Morgan fingerprint density at radius 3 is 2.74 bits per heavy atom. The molecule has 118 valence electrons. The lowest BCUT2D eigenvalue weighted by atomic mass is 10.1. The summed E-state index contributed by atoms with van der Waals surface area (Å²) in [5, 5.41) is 13.6. The minimum atomic E-state index is -3.61. The minimum absolute atomic E-state index is 0.272. The van der Waals surface area contributed by atoms with E-state index in [0.29, 0.717) is 23.1 Å². The summed E-state index contributed by atoms with van der Waals surface area (Å²) in [5.41, 5.74) is 1.14. The molecular formula is C14H13N5O2S2. The first kappa shape index (κ1) is 14.3. The van der Waals surface area contributed by atoms with E-state index >= 15 is 0 Å². The van der Waals surface area contributed by atoms with Crippen molar-refractivity contribution in [2.75, 3.05) is 4.72 Å². The van der Waals surface area contributed by atoms with Gasteiger partial charge in [-0.2, -0.15) is 0 Å². The fourth-order valence-electron chi connectivity index (χ4n) is 2.31. The van der Waals surface area contributed by atoms with Gasteiger partial charge < -0.3 is 0 Å². The van der Waals surface area contributed by atoms with Crippen LogP contribution in [-0.4, -0.2) is 28.6 Å². The van der Waals surface area contributed by atoms with Crippen LogP contribution in [0.25, 0.3) is 11.4 Å². The molecule has 2 aromatic heterocycles. The summed E-state index contributed by atoms with van der Waals surface area (Å²) in [4.78, 5) is 0. The highest BCUT2D eigenvalue weighted by atomic mass is 32.2. The molecule has 3 aromatic rings. The van der Waals surface area contributed by atoms with Crippen LogP contribution in [0.15, 0.2) is 46.0 Å². The molecule has 0 spiro atoms. The van der Waals surface area contributed by atoms with E-state index in [1.54, 1.807) is 34.3 Å². The maximum atomic E-state index is 12.5. The third-order valence-electron chi connectivity index (χ3n) is 3.56. The van der Waals surface area contributed by atoms with Gasteiger partial charge >= 0.3 is 0 Å². The van der Waals surface area contributed by atoms with E-state index in [-0.39, 0.29) is 4.21 Å². The lowest BCUT2D eigenvalue weighted by Crippen LogP contribution is -2.13. The summed E-state index contributed by atoms with van der Waals surface area (Å²) in [7, 11) is -3.61. The molecule has 0 aliphatic heterocycles. The molecule has 0 atom stereocenters. The van der Waals surface area contributed by atoms with Crippen LogP contribution in [0.4, 0.5) is 5.69 Å². The molecule has 0 bridgehead atoms. The van der Waals surface area contributed by atoms with Crippen molar-refractivity contribution in [3.8, 4) is 11.4 Å². The number of hydrogen-bond acceptors (Lipinski definition) is 6. The Morgan fingerprint density at radius 1 is 1.17 bits per heavy atom. The number of benzene rings is 1. The lowest BCUT2D eigenvalue weighted by molar-refractivity contribution is 0.603. The van der Waals surface area contributed by atoms with Crippen molar-refractivity contribution in [2.45, 2.75) is 23.1 Å². The van der Waals surface area contributed by atoms with Crippen molar-refractivity contribution >= 4 is 27.0 Å². The van der Waals surface area contributed by atoms with E-state index in [1.807, 2.05) is 12.1 Å². The Hall–Kier alpha value is -2.26. The van der Waals surface area contributed by atoms with E-state index < -0.39 is 10.0 Å². The molecule has 0 amide bonds. The van der Waals surface area contributed by atoms with E-state index in [1.165, 1.54) is 11.3 Å². The van der Waals surface area contributed by atoms with Crippen LogP contribution in [-0.2, 0) is 10.0 Å². The van der Waals surface area contributed by atoms with Gasteiger partial charge in [0.2, 0.25) is 0 Å². The Kier molecular flexibility index (Phi) is 3.38. The van der Waals surface area contributed by atoms with Crippen LogP contribution in [0.5, 0.6) is 0 Å². The standard InChI is InChI=1S/C14H13N5O2S2/c20-23(21,13-6-3-9-22-13)16-12-5-2-1-4-11(12)14-15-17-18-19(14)10-7-8-10/h1-6,9-10,16H,7-8H2. The van der Waals surface area contributed by atoms with E-state index in [2.05, 4.69) is 20.2 Å². The zero-order chi connectivity index (χ0) is 15.9. The molecule has 1 N–H and O–H groups in total. The van der Waals surface area contributed by atoms with Crippen molar-refractivity contribution in [3.05, 3.63) is 41.8 Å². The molecule has 0 unspecified atom stereocenters. The van der Waals surface area contributed by atoms with Crippen LogP contribution >= 0.6 is 11.3 Å². The van der Waals surface area contributed by atoms with Gasteiger partial charge in [0, 0.05) is 5.56 Å². The molecule has 1 aromatic carbocycles. The van der Waals surface area contributed by atoms with Crippen molar-refractivity contribution in [1.82, 2.24) is 20.2 Å². The molecule has 0 radical (unpaired) electrons. The SMILES string of the molecule is O=S(=O)(Nc1ccccc1-c1nnnn1C1CC1)c1cccs1. The summed E-state index contributed by atoms with van der Waals surface area (Å²) in [6.07, 6.45) is 2.09. The van der Waals surface area contributed by atoms with Gasteiger partial charge in [-0.3, -0.25) is 4.72 Å². The average Bonchev–Trinajstić information content (AvgIpc) is 3.05. The second-order valence-electron chi connectivity index (χ2n) is 5.26. The summed E-state index contributed by atoms with van der Waals surface area (Å²) in [5.74, 6) is 0.581. The molecule has 9 heteroatoms. The third-order valence-corrected chi connectivity index (χ3v) is 6.32. The lowest BCUT2D eigenvalue weighted by Gasteiger charge is -2.11. The van der Waals surface area contributed by atoms with Gasteiger partial charge in [0.15, 0.2) is 5.82 Å². The quantitative estimate of drug-likeness (QED) is 0.766. The van der Waals surface area contributed by atoms with Crippen molar-refractivity contribution in [2.24, 2.45) is 0 Å². The fourth-order valence-corrected chi connectivity index (χ4v) is 4.39. The van der Waals surface area contributed by atoms with E-state index in [0.717, 1.165) is 12.8 Å². The van der Waals surface area contributed by atoms with Crippen molar-refractivity contribution in [1.29, 1.82) is 0 Å². The van der Waals surface area contributed by atoms with Gasteiger partial charge in [-0.15, -0.1) is 16.4 Å². The smallest absolute Gasteiger partial charge is 0.271 e. The summed E-state index contributed by atoms with van der Waals surface area (Å²) < 4.78 is 29.6. The van der Waals surface area contributed by atoms with Gasteiger partial charge in [-0.05, 0) is 46.8 Å². The summed E-state index contributed by atoms with van der Waals surface area (Å²) in [6, 6.07) is 10.7. The molecule has 0 saturated heterocycles. The number of sulfonamides is 1. The molecule has 2 heterocycles. The Balaban J connectivity index is 1.74. The molecule has 23 heavy (non-hydrogen) atoms. The zero-order valence-electron chi connectivity index (χ0n) is 12.0. The maximum Gasteiger partial charge on any atom is 0.271 e. The van der Waals surface area contributed by atoms with Gasteiger partial charge in [0.25, 0.3) is 10.0 Å². The maximum absolute atomic E-state index is 12.5. The van der Waals surface area contributed by atoms with Gasteiger partial charge in [0.1, 0.15) is 4.21 Å². The molecule has 1 aliphatic rings. The second kappa shape index (κ2) is 5.43. The topological polar surface area (TPSA) is 89.8 Å². The number of hydrogen-bond donors (Lipinski definition) is 1. The number of nitrogens with one attached hydrogen (secondary N) is 1. The summed E-state index contributed by atoms with van der Waals surface area (Å²) >= 11 is 1.17. The number of rotatable bonds is 5. The summed E-state index contributed by atoms with van der Waals surface area (Å²) in [6.45, 7) is 0. The number of para-hydroxylation sites is 1. The first-order valence-electron chi connectivity index (χ1n) is 7.09. The molecule has 7 nitrogen and oxygen atoms in total. The highest BCUT2D eigenvalue weighted by Crippen LogP contribution is 2.38. The van der Waals surface area contributed by atoms with Gasteiger partial charge in [-0.1, -0.05) is 18.2 Å². The van der Waals surface area contributed by atoms with Crippen molar-refractivity contribution < 1.29 is 8.42 Å². The van der Waals surface area contributed by atoms with Crippen LogP contribution in [0.3, 0.4) is 0 Å². The number of aromatic nitrogens is 4. The second-order valence-corrected chi connectivity index (χ2v) is 8.12. The van der Waals surface area contributed by atoms with Gasteiger partial charge in [0.05, 0.1) is 11.7 Å². The molecule has 4 rings (SSSR count). The minimum Gasteiger partial charge on any atom is -0.278 e. The van der Waals surface area contributed by atoms with Crippen LogP contribution in [0, 0.1) is 0 Å². The highest BCUT2D eigenvalue weighted by molar-refractivity contribution is 7.94. The molecule has 1 aliphatic carbocycles. The molecule has 1 saturated carbocycles. The van der Waals surface area contributed by atoms with Gasteiger partial charge in [-0.25, -0.2) is 13.1 Å². The predicted octanol–water partition coefficient (Wildman–Crippen LogP) is 2.54. The number of anilines is 1. The van der Waals surface area contributed by atoms with Crippen LogP contribution in [0.2, 0.25) is 0 Å². The van der Waals surface area contributed by atoms with Crippen LogP contribution < -0.4 is 4.72 Å². The largest absolute Gasteiger partial charge is 0.278 e. The Labute approximate surface area is 137 Å². The Bertz CT molecular complexity index is 930. The van der Waals surface area contributed by atoms with Crippen molar-refractivity contribution in [3.63, 3.8) is 0 Å². The normalized spacial score (nSPS) is 14.8. The molecular weight excluding hydrogens is 334 g/mol. The predicted molar refractivity (Wildman–Crippen MR) is 86.7 cm³/mol. The first-order chi connectivity index (χ1) is 11.1. The van der Waals surface area contributed by atoms with Crippen LogP contribution in [0.1, 0.15) is 18.9 Å². The third kappa shape index (κ3) is 2.73. The number of tetrazole rings is 1. The fraction of sp³-hybridized carbons (Fsp3) is 0.214. The highest BCUT2D eigenvalue weighted by Gasteiger charge is 2.29. The number of nitrogens with zero attached hydrogens (tertiary/aromatic N) is 4. The number of thiophene rings is 1. The average molecular weight is 347 g/mol. The molecule has 1 fully saturated rings. The monoisotopic (exact) mass is 347 g/mol. The first-order valence-corrected chi connectivity index (χ1v) is 9.45. The Morgan fingerprint density at radius 2 is 2.00 bits per heavy atom. The van der Waals surface area contributed by atoms with E-state index in [9.17, 15) is 8.42 Å².